The van der Waals surface area contributed by atoms with E-state index in [2.05, 4.69) is 21.3 Å². The number of benzene rings is 1. The van der Waals surface area contributed by atoms with Gasteiger partial charge < -0.3 is 35.9 Å². The van der Waals surface area contributed by atoms with E-state index in [0.29, 0.717) is 10.9 Å². The molecule has 0 spiro atoms. The van der Waals surface area contributed by atoms with Crippen LogP contribution in [0.3, 0.4) is 0 Å². The number of aliphatic carboxylic acids is 2. The highest BCUT2D eigenvalue weighted by Crippen LogP contribution is 2.21. The van der Waals surface area contributed by atoms with Crippen LogP contribution >= 0.6 is 0 Å². The molecule has 1 heterocycles. The molecule has 0 fully saturated rings. The molecule has 6 N–H and O–H groups in total. The third-order valence-electron chi connectivity index (χ3n) is 6.76. The summed E-state index contributed by atoms with van der Waals surface area (Å²) in [6.07, 6.45) is -1.05. The van der Waals surface area contributed by atoms with Crippen LogP contribution in [0.4, 0.5) is 5.69 Å². The van der Waals surface area contributed by atoms with Gasteiger partial charge in [0.25, 0.3) is 0 Å². The Labute approximate surface area is 260 Å². The summed E-state index contributed by atoms with van der Waals surface area (Å²) in [6, 6.07) is 2.52. The van der Waals surface area contributed by atoms with Crippen molar-refractivity contribution in [3.8, 4) is 0 Å². The zero-order valence-corrected chi connectivity index (χ0v) is 26.1. The molecule has 45 heavy (non-hydrogen) atoms. The number of carbonyl (C=O) groups excluding carboxylic acids is 4. The predicted molar refractivity (Wildman–Crippen MR) is 164 cm³/mol. The first kappa shape index (κ1) is 36.4. The van der Waals surface area contributed by atoms with Crippen molar-refractivity contribution < 1.29 is 43.4 Å². The van der Waals surface area contributed by atoms with Gasteiger partial charge in [0.1, 0.15) is 23.7 Å². The Bertz CT molecular complexity index is 1470. The summed E-state index contributed by atoms with van der Waals surface area (Å²) < 4.78 is 5.22. The molecule has 2 aromatic rings. The molecule has 14 nitrogen and oxygen atoms in total. The van der Waals surface area contributed by atoms with E-state index in [1.807, 2.05) is 27.7 Å². The molecule has 0 unspecified atom stereocenters. The van der Waals surface area contributed by atoms with Crippen LogP contribution in [-0.4, -0.2) is 63.9 Å². The van der Waals surface area contributed by atoms with E-state index in [1.165, 1.54) is 12.1 Å². The fourth-order valence-corrected chi connectivity index (χ4v) is 4.61. The van der Waals surface area contributed by atoms with Crippen LogP contribution in [0.25, 0.3) is 11.0 Å². The number of hydrogen-bond donors (Lipinski definition) is 6. The average molecular weight is 631 g/mol. The maximum absolute atomic E-state index is 13.5. The molecule has 3 atom stereocenters. The second-order valence-corrected chi connectivity index (χ2v) is 11.8. The zero-order chi connectivity index (χ0) is 33.8. The van der Waals surface area contributed by atoms with Gasteiger partial charge in [0.2, 0.25) is 23.6 Å². The van der Waals surface area contributed by atoms with Crippen molar-refractivity contribution in [3.05, 3.63) is 40.2 Å². The molecular weight excluding hydrogens is 588 g/mol. The monoisotopic (exact) mass is 630 g/mol. The van der Waals surface area contributed by atoms with Crippen LogP contribution in [-0.2, 0) is 28.8 Å². The summed E-state index contributed by atoms with van der Waals surface area (Å²) >= 11 is 0. The molecule has 4 amide bonds. The van der Waals surface area contributed by atoms with Crippen molar-refractivity contribution in [1.82, 2.24) is 16.0 Å². The van der Waals surface area contributed by atoms with Gasteiger partial charge in [-0.05, 0) is 55.7 Å². The number of carboxylic acid groups (broad SMARTS) is 2. The Morgan fingerprint density at radius 1 is 0.733 bits per heavy atom. The summed E-state index contributed by atoms with van der Waals surface area (Å²) in [5.74, 6) is -5.21. The highest BCUT2D eigenvalue weighted by molar-refractivity contribution is 6.00. The number of hydrogen-bond acceptors (Lipinski definition) is 8. The molecule has 1 aromatic carbocycles. The Morgan fingerprint density at radius 3 is 1.84 bits per heavy atom. The normalized spacial score (nSPS) is 13.1. The largest absolute Gasteiger partial charge is 0.481 e. The molecule has 2 rings (SSSR count). The second kappa shape index (κ2) is 16.9. The summed E-state index contributed by atoms with van der Waals surface area (Å²) in [7, 11) is 0. The van der Waals surface area contributed by atoms with Gasteiger partial charge in [0.15, 0.2) is 0 Å². The van der Waals surface area contributed by atoms with E-state index in [0.717, 1.165) is 0 Å². The molecule has 0 bridgehead atoms. The van der Waals surface area contributed by atoms with Crippen molar-refractivity contribution in [2.75, 3.05) is 5.32 Å². The van der Waals surface area contributed by atoms with Crippen LogP contribution in [0.5, 0.6) is 0 Å². The molecule has 246 valence electrons. The maximum atomic E-state index is 13.5. The fraction of sp³-hybridized carbons (Fsp3) is 0.516. The van der Waals surface area contributed by atoms with Crippen LogP contribution in [0.2, 0.25) is 0 Å². The van der Waals surface area contributed by atoms with E-state index < -0.39 is 72.2 Å². The van der Waals surface area contributed by atoms with E-state index in [4.69, 9.17) is 9.52 Å². The first-order valence-corrected chi connectivity index (χ1v) is 14.7. The Hall–Kier alpha value is -4.75. The highest BCUT2D eigenvalue weighted by atomic mass is 16.4. The number of amides is 4. The lowest BCUT2D eigenvalue weighted by molar-refractivity contribution is -0.139. The SMILES string of the molecule is Cc1cc(=O)oc2cc(NC(=O)[C@H](CCC(=O)O)NC(=O)[C@H](CC(C)C)NC(=O)[C@H](CC(C)C)NC(=O)CCC(=O)O)ccc12. The van der Waals surface area contributed by atoms with Crippen molar-refractivity contribution in [3.63, 3.8) is 0 Å². The van der Waals surface area contributed by atoms with Gasteiger partial charge in [-0.15, -0.1) is 0 Å². The number of carboxylic acids is 2. The lowest BCUT2D eigenvalue weighted by Crippen LogP contribution is -2.56. The summed E-state index contributed by atoms with van der Waals surface area (Å²) in [5.41, 5.74) is 0.593. The van der Waals surface area contributed by atoms with E-state index >= 15 is 0 Å². The minimum Gasteiger partial charge on any atom is -0.481 e. The van der Waals surface area contributed by atoms with Gasteiger partial charge in [-0.1, -0.05) is 27.7 Å². The lowest BCUT2D eigenvalue weighted by atomic mass is 9.99. The molecule has 1 aromatic heterocycles. The van der Waals surface area contributed by atoms with Gasteiger partial charge in [0, 0.05) is 36.0 Å². The Morgan fingerprint density at radius 2 is 1.29 bits per heavy atom. The van der Waals surface area contributed by atoms with Gasteiger partial charge in [-0.25, -0.2) is 4.79 Å². The number of carbonyl (C=O) groups is 6. The Kier molecular flexibility index (Phi) is 13.7. The van der Waals surface area contributed by atoms with Crippen LogP contribution in [0.1, 0.15) is 71.8 Å². The third kappa shape index (κ3) is 12.4. The molecular formula is C31H42N4O10. The first-order valence-electron chi connectivity index (χ1n) is 14.7. The van der Waals surface area contributed by atoms with Gasteiger partial charge in [0.05, 0.1) is 6.42 Å². The summed E-state index contributed by atoms with van der Waals surface area (Å²) in [5, 5.41) is 29.1. The molecule has 0 saturated heterocycles. The van der Waals surface area contributed by atoms with Crippen molar-refractivity contribution in [2.45, 2.75) is 91.3 Å². The van der Waals surface area contributed by atoms with Crippen LogP contribution in [0.15, 0.2) is 33.5 Å². The Balaban J connectivity index is 2.25. The number of anilines is 1. The van der Waals surface area contributed by atoms with E-state index in [9.17, 15) is 38.7 Å². The van der Waals surface area contributed by atoms with Crippen LogP contribution < -0.4 is 26.9 Å². The summed E-state index contributed by atoms with van der Waals surface area (Å²) in [4.78, 5) is 86.3. The predicted octanol–water partition coefficient (Wildman–Crippen LogP) is 2.32. The highest BCUT2D eigenvalue weighted by Gasteiger charge is 2.31. The molecule has 14 heteroatoms. The quantitative estimate of drug-likeness (QED) is 0.140. The number of aryl methyl sites for hydroxylation is 1. The van der Waals surface area contributed by atoms with Crippen LogP contribution in [0, 0.1) is 18.8 Å². The smallest absolute Gasteiger partial charge is 0.336 e. The lowest BCUT2D eigenvalue weighted by Gasteiger charge is -2.26. The average Bonchev–Trinajstić information content (AvgIpc) is 2.92. The molecule has 0 aliphatic heterocycles. The zero-order valence-electron chi connectivity index (χ0n) is 26.1. The maximum Gasteiger partial charge on any atom is 0.336 e. The molecule has 0 aliphatic carbocycles. The van der Waals surface area contributed by atoms with Gasteiger partial charge in [-0.2, -0.15) is 0 Å². The molecule has 0 radical (unpaired) electrons. The number of fused-ring (bicyclic) bond motifs is 1. The molecule has 0 aliphatic rings. The first-order chi connectivity index (χ1) is 21.0. The third-order valence-corrected chi connectivity index (χ3v) is 6.76. The standard InChI is InChI=1S/C31H42N4O10/c1-16(2)12-22(33-25(36)9-11-27(39)40)30(43)35-23(13-17(3)4)31(44)34-21(8-10-26(37)38)29(42)32-19-6-7-20-18(5)14-28(41)45-24(20)15-19/h6-7,14-17,21-23H,8-13H2,1-5H3,(H,32,42)(H,33,36)(H,34,44)(H,35,43)(H,37,38)(H,39,40)/t21-,22-,23-/m0/s1. The van der Waals surface area contributed by atoms with Crippen molar-refractivity contribution in [2.24, 2.45) is 11.8 Å². The summed E-state index contributed by atoms with van der Waals surface area (Å²) in [6.45, 7) is 9.04. The fourth-order valence-electron chi connectivity index (χ4n) is 4.61. The van der Waals surface area contributed by atoms with Crippen molar-refractivity contribution in [1.29, 1.82) is 0 Å². The van der Waals surface area contributed by atoms with E-state index in [-0.39, 0.29) is 48.8 Å². The minimum absolute atomic E-state index is 0.0333. The number of rotatable bonds is 17. The van der Waals surface area contributed by atoms with Gasteiger partial charge >= 0.3 is 17.6 Å². The van der Waals surface area contributed by atoms with Crippen molar-refractivity contribution >= 4 is 52.2 Å². The minimum atomic E-state index is -1.30. The van der Waals surface area contributed by atoms with Gasteiger partial charge in [-0.3, -0.25) is 28.8 Å². The number of nitrogens with one attached hydrogen (secondary N) is 4. The topological polar surface area (TPSA) is 221 Å². The second-order valence-electron chi connectivity index (χ2n) is 11.8. The molecule has 0 saturated carbocycles. The van der Waals surface area contributed by atoms with E-state index in [1.54, 1.807) is 19.1 Å².